The van der Waals surface area contributed by atoms with Gasteiger partial charge in [-0.05, 0) is 25.1 Å². The van der Waals surface area contributed by atoms with Gasteiger partial charge in [0, 0.05) is 33.2 Å². The van der Waals surface area contributed by atoms with Crippen LogP contribution in [-0.4, -0.2) is 22.8 Å². The first-order valence-electron chi connectivity index (χ1n) is 5.58. The molecule has 0 unspecified atom stereocenters. The second kappa shape index (κ2) is 6.03. The molecule has 0 spiro atoms. The number of hydrogen-bond donors (Lipinski definition) is 0. The molecular formula is C13H12BrClN2OS. The van der Waals surface area contributed by atoms with Crippen LogP contribution in [0.3, 0.4) is 0 Å². The van der Waals surface area contributed by atoms with E-state index in [2.05, 4.69) is 20.9 Å². The lowest BCUT2D eigenvalue weighted by molar-refractivity contribution is 0.0786. The van der Waals surface area contributed by atoms with Gasteiger partial charge in [0.05, 0.1) is 11.6 Å². The molecule has 0 saturated heterocycles. The van der Waals surface area contributed by atoms with Crippen LogP contribution in [0.5, 0.6) is 0 Å². The number of benzene rings is 1. The van der Waals surface area contributed by atoms with Gasteiger partial charge in [-0.3, -0.25) is 4.79 Å². The van der Waals surface area contributed by atoms with Gasteiger partial charge in [0.25, 0.3) is 5.91 Å². The summed E-state index contributed by atoms with van der Waals surface area (Å²) in [7, 11) is 1.77. The third-order valence-electron chi connectivity index (χ3n) is 2.52. The number of amides is 1. The van der Waals surface area contributed by atoms with E-state index in [0.29, 0.717) is 17.1 Å². The zero-order chi connectivity index (χ0) is 14.0. The van der Waals surface area contributed by atoms with Crippen molar-refractivity contribution in [3.63, 3.8) is 0 Å². The number of aryl methyl sites for hydroxylation is 1. The summed E-state index contributed by atoms with van der Waals surface area (Å²) < 4.78 is 0.797. The fourth-order valence-corrected chi connectivity index (χ4v) is 3.39. The average molecular weight is 360 g/mol. The molecule has 1 aromatic heterocycles. The van der Waals surface area contributed by atoms with Crippen molar-refractivity contribution in [2.24, 2.45) is 0 Å². The SMILES string of the molecule is Cc1ncc(CN(C)C(=O)c2cc(Cl)cc(Br)c2)s1. The summed E-state index contributed by atoms with van der Waals surface area (Å²) in [5, 5.41) is 1.54. The van der Waals surface area contributed by atoms with E-state index in [-0.39, 0.29) is 5.91 Å². The molecule has 0 aliphatic heterocycles. The predicted molar refractivity (Wildman–Crippen MR) is 81.8 cm³/mol. The molecule has 1 heterocycles. The van der Waals surface area contributed by atoms with Crippen molar-refractivity contribution < 1.29 is 4.79 Å². The van der Waals surface area contributed by atoms with Gasteiger partial charge in [-0.1, -0.05) is 27.5 Å². The molecule has 2 aromatic rings. The Labute approximate surface area is 129 Å². The molecule has 100 valence electrons. The molecule has 1 aromatic carbocycles. The summed E-state index contributed by atoms with van der Waals surface area (Å²) in [6.07, 6.45) is 1.80. The van der Waals surface area contributed by atoms with Gasteiger partial charge in [-0.25, -0.2) is 4.98 Å². The summed E-state index contributed by atoms with van der Waals surface area (Å²) in [6.45, 7) is 2.50. The fourth-order valence-electron chi connectivity index (χ4n) is 1.68. The normalized spacial score (nSPS) is 10.5. The third kappa shape index (κ3) is 3.78. The molecule has 6 heteroatoms. The van der Waals surface area contributed by atoms with Crippen LogP contribution in [0.15, 0.2) is 28.9 Å². The minimum atomic E-state index is -0.0609. The highest BCUT2D eigenvalue weighted by Crippen LogP contribution is 2.21. The van der Waals surface area contributed by atoms with E-state index in [1.54, 1.807) is 47.7 Å². The highest BCUT2D eigenvalue weighted by molar-refractivity contribution is 9.10. The number of carbonyl (C=O) groups excluding carboxylic acids is 1. The number of hydrogen-bond acceptors (Lipinski definition) is 3. The van der Waals surface area contributed by atoms with Crippen molar-refractivity contribution >= 4 is 44.8 Å². The van der Waals surface area contributed by atoms with Gasteiger partial charge in [0.2, 0.25) is 0 Å². The van der Waals surface area contributed by atoms with Crippen molar-refractivity contribution in [1.29, 1.82) is 0 Å². The Kier molecular flexibility index (Phi) is 4.60. The highest BCUT2D eigenvalue weighted by atomic mass is 79.9. The highest BCUT2D eigenvalue weighted by Gasteiger charge is 2.14. The molecule has 19 heavy (non-hydrogen) atoms. The summed E-state index contributed by atoms with van der Waals surface area (Å²) >= 11 is 10.9. The molecule has 2 rings (SSSR count). The molecule has 0 bridgehead atoms. The van der Waals surface area contributed by atoms with Gasteiger partial charge in [0.15, 0.2) is 0 Å². The Morgan fingerprint density at radius 2 is 2.21 bits per heavy atom. The molecule has 0 fully saturated rings. The Balaban J connectivity index is 2.14. The lowest BCUT2D eigenvalue weighted by Gasteiger charge is -2.16. The van der Waals surface area contributed by atoms with Gasteiger partial charge < -0.3 is 4.90 Å². The smallest absolute Gasteiger partial charge is 0.254 e. The summed E-state index contributed by atoms with van der Waals surface area (Å²) in [5.74, 6) is -0.0609. The second-order valence-corrected chi connectivity index (χ2v) is 6.84. The number of halogens is 2. The van der Waals surface area contributed by atoms with Gasteiger partial charge in [-0.2, -0.15) is 0 Å². The maximum absolute atomic E-state index is 12.3. The fraction of sp³-hybridized carbons (Fsp3) is 0.231. The first-order valence-corrected chi connectivity index (χ1v) is 7.57. The van der Waals surface area contributed by atoms with Crippen LogP contribution in [-0.2, 0) is 6.54 Å². The minimum absolute atomic E-state index is 0.0609. The Morgan fingerprint density at radius 3 is 2.79 bits per heavy atom. The zero-order valence-electron chi connectivity index (χ0n) is 10.5. The van der Waals surface area contributed by atoms with E-state index in [4.69, 9.17) is 11.6 Å². The van der Waals surface area contributed by atoms with E-state index in [1.165, 1.54) is 0 Å². The number of rotatable bonds is 3. The molecule has 0 atom stereocenters. The van der Waals surface area contributed by atoms with Gasteiger partial charge in [0.1, 0.15) is 0 Å². The summed E-state index contributed by atoms with van der Waals surface area (Å²) in [6, 6.07) is 5.19. The van der Waals surface area contributed by atoms with Crippen molar-refractivity contribution in [3.8, 4) is 0 Å². The van der Waals surface area contributed by atoms with E-state index in [0.717, 1.165) is 14.4 Å². The van der Waals surface area contributed by atoms with Crippen LogP contribution in [0.4, 0.5) is 0 Å². The van der Waals surface area contributed by atoms with Crippen LogP contribution >= 0.6 is 38.9 Å². The van der Waals surface area contributed by atoms with Crippen molar-refractivity contribution in [1.82, 2.24) is 9.88 Å². The van der Waals surface area contributed by atoms with E-state index < -0.39 is 0 Å². The third-order valence-corrected chi connectivity index (χ3v) is 4.09. The van der Waals surface area contributed by atoms with Gasteiger partial charge in [-0.15, -0.1) is 11.3 Å². The van der Waals surface area contributed by atoms with Crippen molar-refractivity contribution in [2.75, 3.05) is 7.05 Å². The Morgan fingerprint density at radius 1 is 1.47 bits per heavy atom. The zero-order valence-corrected chi connectivity index (χ0v) is 13.6. The molecule has 0 N–H and O–H groups in total. The standard InChI is InChI=1S/C13H12BrClN2OS/c1-8-16-6-12(19-8)7-17(2)13(18)9-3-10(14)5-11(15)4-9/h3-6H,7H2,1-2H3. The molecule has 0 aliphatic rings. The molecule has 1 amide bonds. The van der Waals surface area contributed by atoms with E-state index in [9.17, 15) is 4.79 Å². The largest absolute Gasteiger partial charge is 0.337 e. The molecule has 0 saturated carbocycles. The minimum Gasteiger partial charge on any atom is -0.337 e. The van der Waals surface area contributed by atoms with Crippen LogP contribution in [0, 0.1) is 6.92 Å². The molecule has 0 radical (unpaired) electrons. The summed E-state index contributed by atoms with van der Waals surface area (Å²) in [5.41, 5.74) is 0.572. The first kappa shape index (κ1) is 14.5. The van der Waals surface area contributed by atoms with Crippen LogP contribution in [0.2, 0.25) is 5.02 Å². The monoisotopic (exact) mass is 358 g/mol. The van der Waals surface area contributed by atoms with Crippen molar-refractivity contribution in [2.45, 2.75) is 13.5 Å². The topological polar surface area (TPSA) is 33.2 Å². The summed E-state index contributed by atoms with van der Waals surface area (Å²) in [4.78, 5) is 19.2. The predicted octanol–water partition coefficient (Wildman–Crippen LogP) is 4.14. The molecule has 0 aliphatic carbocycles. The Hall–Kier alpha value is -0.910. The number of carbonyl (C=O) groups is 1. The van der Waals surface area contributed by atoms with E-state index >= 15 is 0 Å². The van der Waals surface area contributed by atoms with Crippen LogP contribution in [0.25, 0.3) is 0 Å². The van der Waals surface area contributed by atoms with E-state index in [1.807, 2.05) is 6.92 Å². The second-order valence-electron chi connectivity index (χ2n) is 4.16. The Bertz CT molecular complexity index is 594. The van der Waals surface area contributed by atoms with Crippen molar-refractivity contribution in [3.05, 3.63) is 49.3 Å². The lowest BCUT2D eigenvalue weighted by atomic mass is 10.2. The molecular weight excluding hydrogens is 348 g/mol. The number of thiazole rings is 1. The number of aromatic nitrogens is 1. The maximum atomic E-state index is 12.3. The quantitative estimate of drug-likeness (QED) is 0.825. The lowest BCUT2D eigenvalue weighted by Crippen LogP contribution is -2.25. The first-order chi connectivity index (χ1) is 8.95. The van der Waals surface area contributed by atoms with Crippen LogP contribution < -0.4 is 0 Å². The number of nitrogens with zero attached hydrogens (tertiary/aromatic N) is 2. The molecule has 3 nitrogen and oxygen atoms in total. The van der Waals surface area contributed by atoms with Crippen LogP contribution in [0.1, 0.15) is 20.2 Å². The average Bonchev–Trinajstić information content (AvgIpc) is 2.72. The van der Waals surface area contributed by atoms with Gasteiger partial charge >= 0.3 is 0 Å². The maximum Gasteiger partial charge on any atom is 0.254 e.